The molecular formula is C42H74N6O4. The van der Waals surface area contributed by atoms with E-state index >= 15 is 0 Å². The van der Waals surface area contributed by atoms with Crippen LogP contribution in [0.15, 0.2) is 65.4 Å². The van der Waals surface area contributed by atoms with Gasteiger partial charge in [-0.2, -0.15) is 5.10 Å². The number of likely N-dealkylation sites (tertiary alicyclic amines) is 1. The van der Waals surface area contributed by atoms with Crippen LogP contribution in [0.4, 0.5) is 10.5 Å². The molecule has 0 unspecified atom stereocenters. The van der Waals surface area contributed by atoms with Gasteiger partial charge in [0, 0.05) is 50.2 Å². The Labute approximate surface area is 317 Å². The second-order valence-electron chi connectivity index (χ2n) is 13.0. The number of anilines is 1. The summed E-state index contributed by atoms with van der Waals surface area (Å²) in [6.45, 7) is 21.3. The fourth-order valence-corrected chi connectivity index (χ4v) is 5.03. The molecule has 2 aromatic rings. The van der Waals surface area contributed by atoms with Crippen molar-refractivity contribution in [2.75, 3.05) is 58.8 Å². The van der Waals surface area contributed by atoms with E-state index in [-0.39, 0.29) is 26.0 Å². The minimum absolute atomic E-state index is 0. The number of nitrogens with two attached hydrogens (primary N) is 1. The van der Waals surface area contributed by atoms with Gasteiger partial charge < -0.3 is 35.3 Å². The Kier molecular flexibility index (Phi) is 27.5. The molecule has 3 rings (SSSR count). The number of hydrogen-bond donors (Lipinski definition) is 2. The molecule has 2 amide bonds. The summed E-state index contributed by atoms with van der Waals surface area (Å²) in [7, 11) is 5.62. The van der Waals surface area contributed by atoms with Crippen molar-refractivity contribution in [3.05, 3.63) is 71.4 Å². The largest absolute Gasteiger partial charge is 0.493 e. The van der Waals surface area contributed by atoms with Gasteiger partial charge in [-0.05, 0) is 115 Å². The van der Waals surface area contributed by atoms with E-state index in [9.17, 15) is 9.59 Å². The minimum Gasteiger partial charge on any atom is -0.493 e. The molecule has 10 heteroatoms. The highest BCUT2D eigenvalue weighted by molar-refractivity contribution is 6.07. The summed E-state index contributed by atoms with van der Waals surface area (Å²) < 4.78 is 11.6. The van der Waals surface area contributed by atoms with Crippen molar-refractivity contribution in [3.8, 4) is 5.75 Å². The van der Waals surface area contributed by atoms with E-state index in [4.69, 9.17) is 15.2 Å². The molecule has 0 saturated carbocycles. The quantitative estimate of drug-likeness (QED) is 0.120. The first-order valence-electron chi connectivity index (χ1n) is 18.7. The van der Waals surface area contributed by atoms with Gasteiger partial charge in [-0.25, -0.2) is 4.79 Å². The lowest BCUT2D eigenvalue weighted by Crippen LogP contribution is -2.41. The van der Waals surface area contributed by atoms with Gasteiger partial charge in [-0.1, -0.05) is 60.2 Å². The van der Waals surface area contributed by atoms with Crippen LogP contribution in [0.3, 0.4) is 0 Å². The van der Waals surface area contributed by atoms with Crippen molar-refractivity contribution in [1.29, 1.82) is 0 Å². The van der Waals surface area contributed by atoms with E-state index in [2.05, 4.69) is 17.3 Å². The number of rotatable bonds is 13. The van der Waals surface area contributed by atoms with Crippen LogP contribution in [0.2, 0.25) is 0 Å². The Morgan fingerprint density at radius 2 is 1.65 bits per heavy atom. The number of hydrazone groups is 1. The molecule has 0 aliphatic carbocycles. The number of nitrogens with one attached hydrogen (secondary N) is 1. The third-order valence-electron chi connectivity index (χ3n) is 7.52. The second-order valence-corrected chi connectivity index (χ2v) is 13.0. The first-order valence-corrected chi connectivity index (χ1v) is 18.7. The highest BCUT2D eigenvalue weighted by Crippen LogP contribution is 2.26. The predicted octanol–water partition coefficient (Wildman–Crippen LogP) is 9.14. The smallest absolute Gasteiger partial charge is 0.410 e. The summed E-state index contributed by atoms with van der Waals surface area (Å²) in [5.74, 6) is 1.22. The topological polar surface area (TPSA) is 113 Å². The number of nitrogens with zero attached hydrogens (tertiary/aromatic N) is 4. The fourth-order valence-electron chi connectivity index (χ4n) is 5.03. The van der Waals surface area contributed by atoms with Crippen LogP contribution < -0.4 is 20.7 Å². The van der Waals surface area contributed by atoms with Crippen molar-refractivity contribution >= 4 is 23.9 Å². The first-order chi connectivity index (χ1) is 24.4. The highest BCUT2D eigenvalue weighted by atomic mass is 16.6. The maximum Gasteiger partial charge on any atom is 0.410 e. The third kappa shape index (κ3) is 20.1. The van der Waals surface area contributed by atoms with E-state index < -0.39 is 5.60 Å². The zero-order valence-corrected chi connectivity index (χ0v) is 33.9. The van der Waals surface area contributed by atoms with Crippen molar-refractivity contribution in [3.63, 3.8) is 0 Å². The number of benzene rings is 2. The summed E-state index contributed by atoms with van der Waals surface area (Å²) in [4.78, 5) is 29.5. The molecule has 0 bridgehead atoms. The van der Waals surface area contributed by atoms with Crippen molar-refractivity contribution in [1.82, 2.24) is 15.2 Å². The Balaban J connectivity index is 0. The lowest BCUT2D eigenvalue weighted by molar-refractivity contribution is 0.0179. The van der Waals surface area contributed by atoms with Crippen LogP contribution in [-0.4, -0.2) is 87.7 Å². The molecule has 0 radical (unpaired) electrons. The van der Waals surface area contributed by atoms with E-state index in [0.717, 1.165) is 62.3 Å². The molecule has 52 heavy (non-hydrogen) atoms. The molecule has 0 spiro atoms. The van der Waals surface area contributed by atoms with Crippen LogP contribution in [-0.2, 0) is 4.74 Å². The van der Waals surface area contributed by atoms with Gasteiger partial charge in [0.25, 0.3) is 5.91 Å². The Bertz CT molecular complexity index is 1280. The van der Waals surface area contributed by atoms with Gasteiger partial charge in [0.2, 0.25) is 0 Å². The molecule has 1 aliphatic heterocycles. The molecule has 1 aliphatic rings. The molecule has 3 N–H and O–H groups in total. The number of amides is 2. The number of carbonyl (C=O) groups excluding carboxylic acids is 2. The van der Waals surface area contributed by atoms with Gasteiger partial charge in [-0.3, -0.25) is 4.79 Å². The van der Waals surface area contributed by atoms with E-state index in [1.54, 1.807) is 16.1 Å². The number of hydrogen-bond acceptors (Lipinski definition) is 8. The number of para-hydroxylation sites is 1. The SMILES string of the molecule is C.CC.CC.CCCNC.Cc1cc(C(=O)N(CC(/C=N\N(C)C)=C\N)c2ccccc2)ccc1OCCCC1CCN(C(=O)OC(C)(C)C)CC1. The van der Waals surface area contributed by atoms with Crippen molar-refractivity contribution < 1.29 is 19.1 Å². The van der Waals surface area contributed by atoms with Crippen molar-refractivity contribution in [2.45, 2.75) is 107 Å². The summed E-state index contributed by atoms with van der Waals surface area (Å²) in [6.07, 6.45) is 8.10. The normalized spacial score (nSPS) is 12.8. The van der Waals surface area contributed by atoms with E-state index in [1.165, 1.54) is 12.6 Å². The molecule has 1 fully saturated rings. The lowest BCUT2D eigenvalue weighted by atomic mass is 9.92. The number of piperidine rings is 1. The zero-order chi connectivity index (χ0) is 38.8. The first kappa shape index (κ1) is 50.1. The standard InChI is InChI=1S/C33H47N5O4.C4H11N.2C2H6.CH4/c1-25-21-28(31(39)38(29-12-8-7-9-13-29)24-27(22-34)23-35-36(5)6)14-15-30(25)41-20-10-11-26-16-18-37(19-17-26)32(40)42-33(2,3)4;1-3-4-5-2;2*1-2;/h7-9,12-15,21-23,26H,10-11,16-20,24,34H2,1-6H3;5H,3-4H2,1-2H3;2*1-2H3;1H4/b27-22-,35-23-;;;;. The predicted molar refractivity (Wildman–Crippen MR) is 223 cm³/mol. The third-order valence-corrected chi connectivity index (χ3v) is 7.52. The average molecular weight is 727 g/mol. The second kappa shape index (κ2) is 28.5. The summed E-state index contributed by atoms with van der Waals surface area (Å²) in [5, 5.41) is 8.97. The molecule has 0 atom stereocenters. The van der Waals surface area contributed by atoms with Crippen molar-refractivity contribution in [2.24, 2.45) is 16.8 Å². The van der Waals surface area contributed by atoms with E-state index in [1.807, 2.05) is 130 Å². The monoisotopic (exact) mass is 727 g/mol. The molecule has 0 aromatic heterocycles. The van der Waals surface area contributed by atoms with Crippen LogP contribution in [0.25, 0.3) is 0 Å². The number of ether oxygens (including phenoxy) is 2. The van der Waals surface area contributed by atoms with Gasteiger partial charge >= 0.3 is 6.09 Å². The summed E-state index contributed by atoms with van der Waals surface area (Å²) >= 11 is 0. The minimum atomic E-state index is -0.470. The van der Waals surface area contributed by atoms with Crippen LogP contribution in [0.1, 0.15) is 111 Å². The maximum atomic E-state index is 13.7. The van der Waals surface area contributed by atoms with E-state index in [0.29, 0.717) is 23.7 Å². The Morgan fingerprint density at radius 1 is 1.04 bits per heavy atom. The lowest BCUT2D eigenvalue weighted by Gasteiger charge is -2.33. The number of aryl methyl sites for hydroxylation is 1. The Morgan fingerprint density at radius 3 is 2.13 bits per heavy atom. The summed E-state index contributed by atoms with van der Waals surface area (Å²) in [5.41, 5.74) is 8.36. The van der Waals surface area contributed by atoms with Crippen LogP contribution in [0.5, 0.6) is 5.75 Å². The molecule has 2 aromatic carbocycles. The maximum absolute atomic E-state index is 13.7. The van der Waals surface area contributed by atoms with Gasteiger partial charge in [-0.15, -0.1) is 0 Å². The van der Waals surface area contributed by atoms with Gasteiger partial charge in [0.1, 0.15) is 11.4 Å². The zero-order valence-electron chi connectivity index (χ0n) is 33.9. The van der Waals surface area contributed by atoms with Gasteiger partial charge in [0.15, 0.2) is 0 Å². The molecule has 1 saturated heterocycles. The average Bonchev–Trinajstić information content (AvgIpc) is 3.12. The fraction of sp³-hybridized carbons (Fsp3) is 0.595. The number of carbonyl (C=O) groups is 2. The summed E-state index contributed by atoms with van der Waals surface area (Å²) in [6, 6.07) is 15.1. The van der Waals surface area contributed by atoms with Gasteiger partial charge in [0.05, 0.1) is 19.4 Å². The molecule has 296 valence electrons. The molecule has 1 heterocycles. The highest BCUT2D eigenvalue weighted by Gasteiger charge is 2.26. The van der Waals surface area contributed by atoms with Crippen LogP contribution in [0, 0.1) is 12.8 Å². The molecule has 10 nitrogen and oxygen atoms in total. The van der Waals surface area contributed by atoms with Crippen LogP contribution >= 0.6 is 0 Å². The Hall–Kier alpha value is -4.05. The molecular weight excluding hydrogens is 653 g/mol.